The van der Waals surface area contributed by atoms with E-state index in [2.05, 4.69) is 35.8 Å². The lowest BCUT2D eigenvalue weighted by molar-refractivity contribution is -0.0620. The van der Waals surface area contributed by atoms with Gasteiger partial charge in [0.05, 0.1) is 0 Å². The molecule has 0 radical (unpaired) electrons. The summed E-state index contributed by atoms with van der Waals surface area (Å²) >= 11 is 0. The molecule has 0 aromatic heterocycles. The SMILES string of the molecule is NNC(Cc1ccccc1)CC12CC3CC(CC(C3)C1)C2. The van der Waals surface area contributed by atoms with Crippen molar-refractivity contribution in [2.75, 3.05) is 0 Å². The average molecular weight is 284 g/mol. The summed E-state index contributed by atoms with van der Waals surface area (Å²) in [7, 11) is 0. The Balaban J connectivity index is 1.46. The van der Waals surface area contributed by atoms with Crippen molar-refractivity contribution in [3.8, 4) is 0 Å². The number of nitrogens with one attached hydrogen (secondary N) is 1. The first-order valence-corrected chi connectivity index (χ1v) is 8.75. The van der Waals surface area contributed by atoms with E-state index in [0.717, 1.165) is 24.2 Å². The van der Waals surface area contributed by atoms with Crippen molar-refractivity contribution in [1.29, 1.82) is 0 Å². The van der Waals surface area contributed by atoms with Crippen molar-refractivity contribution >= 4 is 0 Å². The van der Waals surface area contributed by atoms with Gasteiger partial charge in [0.15, 0.2) is 0 Å². The minimum Gasteiger partial charge on any atom is -0.271 e. The predicted molar refractivity (Wildman–Crippen MR) is 86.5 cm³/mol. The molecule has 5 rings (SSSR count). The van der Waals surface area contributed by atoms with Crippen LogP contribution in [0.2, 0.25) is 0 Å². The first-order valence-electron chi connectivity index (χ1n) is 8.75. The average Bonchev–Trinajstić information content (AvgIpc) is 2.46. The molecule has 2 nitrogen and oxygen atoms in total. The van der Waals surface area contributed by atoms with Crippen LogP contribution in [0.4, 0.5) is 0 Å². The molecule has 21 heavy (non-hydrogen) atoms. The quantitative estimate of drug-likeness (QED) is 0.639. The zero-order valence-corrected chi connectivity index (χ0v) is 12.9. The highest BCUT2D eigenvalue weighted by atomic mass is 15.2. The van der Waals surface area contributed by atoms with Gasteiger partial charge in [0.25, 0.3) is 0 Å². The van der Waals surface area contributed by atoms with Crippen molar-refractivity contribution in [3.63, 3.8) is 0 Å². The minimum absolute atomic E-state index is 0.434. The molecule has 0 spiro atoms. The van der Waals surface area contributed by atoms with Gasteiger partial charge in [-0.15, -0.1) is 0 Å². The van der Waals surface area contributed by atoms with Crippen LogP contribution in [0.25, 0.3) is 0 Å². The first kappa shape index (κ1) is 13.8. The highest BCUT2D eigenvalue weighted by Gasteiger charge is 2.51. The van der Waals surface area contributed by atoms with Crippen molar-refractivity contribution in [3.05, 3.63) is 35.9 Å². The maximum Gasteiger partial charge on any atom is 0.0256 e. The Morgan fingerprint density at radius 3 is 2.10 bits per heavy atom. The van der Waals surface area contributed by atoms with Crippen LogP contribution >= 0.6 is 0 Å². The van der Waals surface area contributed by atoms with Crippen LogP contribution < -0.4 is 11.3 Å². The van der Waals surface area contributed by atoms with Gasteiger partial charge in [0, 0.05) is 6.04 Å². The molecule has 1 aromatic rings. The molecule has 0 saturated heterocycles. The Labute approximate surface area is 128 Å². The van der Waals surface area contributed by atoms with E-state index in [1.54, 1.807) is 0 Å². The Hall–Kier alpha value is -0.860. The third-order valence-corrected chi connectivity index (χ3v) is 6.41. The molecule has 0 aliphatic heterocycles. The summed E-state index contributed by atoms with van der Waals surface area (Å²) in [5.74, 6) is 9.00. The second-order valence-corrected chi connectivity index (χ2v) is 8.17. The normalized spacial score (nSPS) is 38.6. The van der Waals surface area contributed by atoms with Gasteiger partial charge in [0.2, 0.25) is 0 Å². The molecular formula is C19H28N2. The fourth-order valence-electron chi connectivity index (χ4n) is 6.15. The van der Waals surface area contributed by atoms with Gasteiger partial charge in [-0.05, 0) is 80.1 Å². The predicted octanol–water partition coefficient (Wildman–Crippen LogP) is 3.67. The van der Waals surface area contributed by atoms with E-state index in [9.17, 15) is 0 Å². The summed E-state index contributed by atoms with van der Waals surface area (Å²) in [6, 6.07) is 11.2. The highest BCUT2D eigenvalue weighted by molar-refractivity contribution is 5.16. The highest BCUT2D eigenvalue weighted by Crippen LogP contribution is 2.61. The van der Waals surface area contributed by atoms with Gasteiger partial charge >= 0.3 is 0 Å². The zero-order chi connectivity index (χ0) is 14.3. The van der Waals surface area contributed by atoms with Gasteiger partial charge in [-0.25, -0.2) is 0 Å². The summed E-state index contributed by atoms with van der Waals surface area (Å²) in [6.45, 7) is 0. The molecule has 2 heteroatoms. The van der Waals surface area contributed by atoms with Crippen LogP contribution in [0.5, 0.6) is 0 Å². The van der Waals surface area contributed by atoms with Gasteiger partial charge in [0.1, 0.15) is 0 Å². The Morgan fingerprint density at radius 1 is 1.00 bits per heavy atom. The van der Waals surface area contributed by atoms with Crippen LogP contribution in [0.1, 0.15) is 50.5 Å². The standard InChI is InChI=1S/C19H28N2/c20-21-18(9-14-4-2-1-3-5-14)13-19-10-15-6-16(11-19)8-17(7-15)12-19/h1-5,15-18,21H,6-13,20H2. The van der Waals surface area contributed by atoms with E-state index in [1.807, 2.05) is 0 Å². The van der Waals surface area contributed by atoms with Crippen LogP contribution in [0, 0.1) is 23.2 Å². The second kappa shape index (κ2) is 5.40. The van der Waals surface area contributed by atoms with Gasteiger partial charge in [-0.1, -0.05) is 30.3 Å². The number of hydrogen-bond acceptors (Lipinski definition) is 2. The van der Waals surface area contributed by atoms with Gasteiger partial charge in [-0.2, -0.15) is 0 Å². The topological polar surface area (TPSA) is 38.0 Å². The molecule has 0 heterocycles. The van der Waals surface area contributed by atoms with E-state index in [1.165, 1.54) is 50.5 Å². The number of benzene rings is 1. The molecule has 4 saturated carbocycles. The molecule has 4 aliphatic rings. The lowest BCUT2D eigenvalue weighted by atomic mass is 9.48. The largest absolute Gasteiger partial charge is 0.271 e. The molecule has 1 unspecified atom stereocenters. The summed E-state index contributed by atoms with van der Waals surface area (Å²) in [5.41, 5.74) is 5.14. The number of hydrazine groups is 1. The molecule has 4 aliphatic carbocycles. The third-order valence-electron chi connectivity index (χ3n) is 6.41. The fourth-order valence-corrected chi connectivity index (χ4v) is 6.15. The second-order valence-electron chi connectivity index (χ2n) is 8.17. The smallest absolute Gasteiger partial charge is 0.0256 e. The van der Waals surface area contributed by atoms with Crippen LogP contribution in [-0.4, -0.2) is 6.04 Å². The van der Waals surface area contributed by atoms with Crippen molar-refractivity contribution in [1.82, 2.24) is 5.43 Å². The molecule has 114 valence electrons. The molecule has 3 N–H and O–H groups in total. The van der Waals surface area contributed by atoms with E-state index in [-0.39, 0.29) is 0 Å². The van der Waals surface area contributed by atoms with Crippen molar-refractivity contribution < 1.29 is 0 Å². The number of nitrogens with two attached hydrogens (primary N) is 1. The molecule has 1 atom stereocenters. The maximum atomic E-state index is 5.90. The summed E-state index contributed by atoms with van der Waals surface area (Å²) in [5, 5.41) is 0. The summed E-state index contributed by atoms with van der Waals surface area (Å²) < 4.78 is 0. The van der Waals surface area contributed by atoms with E-state index < -0.39 is 0 Å². The maximum absolute atomic E-state index is 5.90. The zero-order valence-electron chi connectivity index (χ0n) is 12.9. The van der Waals surface area contributed by atoms with Crippen molar-refractivity contribution in [2.45, 2.75) is 57.4 Å². The molecule has 1 aromatic carbocycles. The Bertz CT molecular complexity index is 446. The first-order chi connectivity index (χ1) is 10.2. The van der Waals surface area contributed by atoms with E-state index >= 15 is 0 Å². The Kier molecular flexibility index (Phi) is 3.55. The molecule has 4 bridgehead atoms. The Morgan fingerprint density at radius 2 is 1.57 bits per heavy atom. The van der Waals surface area contributed by atoms with E-state index in [0.29, 0.717) is 11.5 Å². The van der Waals surface area contributed by atoms with Crippen molar-refractivity contribution in [2.24, 2.45) is 29.0 Å². The minimum atomic E-state index is 0.434. The monoisotopic (exact) mass is 284 g/mol. The van der Waals surface area contributed by atoms with E-state index in [4.69, 9.17) is 5.84 Å². The van der Waals surface area contributed by atoms with Gasteiger partial charge < -0.3 is 0 Å². The fraction of sp³-hybridized carbons (Fsp3) is 0.684. The van der Waals surface area contributed by atoms with Crippen LogP contribution in [0.3, 0.4) is 0 Å². The number of hydrogen-bond donors (Lipinski definition) is 2. The summed E-state index contributed by atoms with van der Waals surface area (Å²) in [4.78, 5) is 0. The van der Waals surface area contributed by atoms with Gasteiger partial charge in [-0.3, -0.25) is 11.3 Å². The van der Waals surface area contributed by atoms with Crippen LogP contribution in [-0.2, 0) is 6.42 Å². The van der Waals surface area contributed by atoms with Crippen LogP contribution in [0.15, 0.2) is 30.3 Å². The number of rotatable bonds is 5. The molecule has 0 amide bonds. The lowest BCUT2D eigenvalue weighted by Gasteiger charge is -2.57. The third kappa shape index (κ3) is 2.76. The molecule has 4 fully saturated rings. The lowest BCUT2D eigenvalue weighted by Crippen LogP contribution is -2.50. The molecular weight excluding hydrogens is 256 g/mol. The summed E-state index contributed by atoms with van der Waals surface area (Å²) in [6.07, 6.45) is 11.4.